The molecule has 0 aromatic heterocycles. The van der Waals surface area contributed by atoms with E-state index in [1.54, 1.807) is 4.90 Å². The molecule has 0 bridgehead atoms. The van der Waals surface area contributed by atoms with Crippen LogP contribution in [0.25, 0.3) is 0 Å². The van der Waals surface area contributed by atoms with Crippen LogP contribution in [0.5, 0.6) is 0 Å². The first kappa shape index (κ1) is 26.3. The summed E-state index contributed by atoms with van der Waals surface area (Å²) in [4.78, 5) is 13.1. The highest BCUT2D eigenvalue weighted by molar-refractivity contribution is 5.67. The zero-order chi connectivity index (χ0) is 25.3. The number of rotatable bonds is 6. The number of alkyl halides is 6. The van der Waals surface area contributed by atoms with Crippen LogP contribution in [0, 0.1) is 17.8 Å². The Morgan fingerprint density at radius 2 is 1.85 bits per heavy atom. The molecule has 1 aromatic rings. The fourth-order valence-electron chi connectivity index (χ4n) is 4.96. The van der Waals surface area contributed by atoms with Gasteiger partial charge in [-0.1, -0.05) is 32.1 Å². The average molecular weight is 490 g/mol. The van der Waals surface area contributed by atoms with Gasteiger partial charge in [-0.2, -0.15) is 26.3 Å². The first-order valence-electron chi connectivity index (χ1n) is 11.4. The summed E-state index contributed by atoms with van der Waals surface area (Å²) >= 11 is 0. The maximum atomic E-state index is 13.6. The first-order chi connectivity index (χ1) is 15.8. The summed E-state index contributed by atoms with van der Waals surface area (Å²) in [5, 5.41) is 9.22. The van der Waals surface area contributed by atoms with Gasteiger partial charge >= 0.3 is 18.3 Å². The monoisotopic (exact) mass is 489 g/mol. The Labute approximate surface area is 195 Å². The van der Waals surface area contributed by atoms with Crippen molar-refractivity contribution in [3.63, 3.8) is 0 Å². The number of benzene rings is 1. The number of hydrogen-bond donors (Lipinski definition) is 1. The number of halogens is 6. The van der Waals surface area contributed by atoms with Crippen LogP contribution in [0.15, 0.2) is 42.0 Å². The number of aliphatic carboxylic acids is 1. The molecule has 3 atom stereocenters. The maximum Gasteiger partial charge on any atom is 0.416 e. The molecule has 34 heavy (non-hydrogen) atoms. The summed E-state index contributed by atoms with van der Waals surface area (Å²) in [6.07, 6.45) is -1.91. The van der Waals surface area contributed by atoms with E-state index in [4.69, 9.17) is 0 Å². The molecule has 2 aliphatic rings. The molecule has 0 radical (unpaired) electrons. The smallest absolute Gasteiger partial charge is 0.416 e. The average Bonchev–Trinajstić information content (AvgIpc) is 2.73. The molecule has 1 aliphatic carbocycles. The third-order valence-corrected chi connectivity index (χ3v) is 6.77. The van der Waals surface area contributed by atoms with Gasteiger partial charge in [0.2, 0.25) is 0 Å². The number of nitrogens with zero attached hydrogens (tertiary/aromatic N) is 1. The van der Waals surface area contributed by atoms with E-state index in [9.17, 15) is 36.2 Å². The van der Waals surface area contributed by atoms with Crippen LogP contribution in [0.3, 0.4) is 0 Å². The van der Waals surface area contributed by atoms with Crippen molar-refractivity contribution in [2.45, 2.75) is 64.5 Å². The summed E-state index contributed by atoms with van der Waals surface area (Å²) in [5.41, 5.74) is -1.46. The second kappa shape index (κ2) is 10.1. The van der Waals surface area contributed by atoms with Crippen LogP contribution < -0.4 is 0 Å². The van der Waals surface area contributed by atoms with Crippen molar-refractivity contribution in [3.05, 3.63) is 58.7 Å². The molecule has 9 heteroatoms. The Hall–Kier alpha value is -2.29. The fourth-order valence-corrected chi connectivity index (χ4v) is 4.96. The van der Waals surface area contributed by atoms with E-state index in [1.165, 1.54) is 0 Å². The van der Waals surface area contributed by atoms with Gasteiger partial charge in [0, 0.05) is 19.0 Å². The zero-order valence-corrected chi connectivity index (χ0v) is 19.1. The lowest BCUT2D eigenvalue weighted by Gasteiger charge is -2.43. The van der Waals surface area contributed by atoms with Gasteiger partial charge in [-0.3, -0.25) is 9.69 Å². The van der Waals surface area contributed by atoms with E-state index in [0.29, 0.717) is 49.9 Å². The lowest BCUT2D eigenvalue weighted by atomic mass is 9.78. The Morgan fingerprint density at radius 1 is 1.15 bits per heavy atom. The number of piperidine rings is 1. The molecule has 0 amide bonds. The van der Waals surface area contributed by atoms with Crippen LogP contribution in [-0.2, 0) is 23.7 Å². The second-order valence-corrected chi connectivity index (χ2v) is 9.51. The zero-order valence-electron chi connectivity index (χ0n) is 19.1. The van der Waals surface area contributed by atoms with Gasteiger partial charge in [0.05, 0.1) is 11.1 Å². The van der Waals surface area contributed by atoms with Gasteiger partial charge in [-0.05, 0) is 72.9 Å². The second-order valence-electron chi connectivity index (χ2n) is 9.51. The third kappa shape index (κ3) is 6.43. The number of carboxylic acids is 1. The lowest BCUT2D eigenvalue weighted by molar-refractivity contribution is -0.142. The molecular formula is C25H29F6NO2. The minimum atomic E-state index is -4.78. The number of allylic oxidation sites excluding steroid dienone is 3. The van der Waals surface area contributed by atoms with E-state index in [-0.39, 0.29) is 30.8 Å². The summed E-state index contributed by atoms with van der Waals surface area (Å²) < 4.78 is 80.6. The molecule has 0 spiro atoms. The quantitative estimate of drug-likeness (QED) is 0.440. The largest absolute Gasteiger partial charge is 0.481 e. The predicted octanol–water partition coefficient (Wildman–Crippen LogP) is 6.94. The molecule has 1 heterocycles. The van der Waals surface area contributed by atoms with E-state index >= 15 is 0 Å². The number of likely N-dealkylation sites (tertiary alicyclic amines) is 1. The van der Waals surface area contributed by atoms with Crippen LogP contribution in [-0.4, -0.2) is 28.6 Å². The van der Waals surface area contributed by atoms with Gasteiger partial charge in [0.15, 0.2) is 0 Å². The Kier molecular flexibility index (Phi) is 7.85. The maximum absolute atomic E-state index is 13.6. The number of carbonyl (C=O) groups is 1. The minimum Gasteiger partial charge on any atom is -0.481 e. The lowest BCUT2D eigenvalue weighted by Crippen LogP contribution is -2.46. The standard InChI is InChI=1S/C25H29F6NO2/c1-15(2)17-3-5-18(6-4-17)22-11-16(12-23(33)34)9-10-32(22)14-19-13-20(24(26,27)28)7-8-21(19)25(29,30)31/h3-5,7-8,13,15-16,18,22H,6,9-12,14H2,1-2H3,(H,33,34)/t16-,18?,22+/m0/s1. The summed E-state index contributed by atoms with van der Waals surface area (Å²) in [6.45, 7) is 4.15. The van der Waals surface area contributed by atoms with Gasteiger partial charge < -0.3 is 5.11 Å². The molecule has 1 aromatic carbocycles. The van der Waals surface area contributed by atoms with Gasteiger partial charge in [0.25, 0.3) is 0 Å². The van der Waals surface area contributed by atoms with Crippen molar-refractivity contribution in [1.29, 1.82) is 0 Å². The Bertz CT molecular complexity index is 948. The molecule has 1 saturated heterocycles. The number of carboxylic acid groups (broad SMARTS) is 1. The van der Waals surface area contributed by atoms with E-state index < -0.39 is 35.0 Å². The molecule has 1 aliphatic heterocycles. The van der Waals surface area contributed by atoms with Gasteiger partial charge in [-0.15, -0.1) is 0 Å². The molecule has 3 nitrogen and oxygen atoms in total. The van der Waals surface area contributed by atoms with Gasteiger partial charge in [0.1, 0.15) is 0 Å². The summed E-state index contributed by atoms with van der Waals surface area (Å²) in [6, 6.07) is 1.29. The van der Waals surface area contributed by atoms with E-state index in [0.717, 1.165) is 5.57 Å². The van der Waals surface area contributed by atoms with Crippen LogP contribution in [0.2, 0.25) is 0 Å². The predicted molar refractivity (Wildman–Crippen MR) is 116 cm³/mol. The summed E-state index contributed by atoms with van der Waals surface area (Å²) in [5.74, 6) is -0.806. The van der Waals surface area contributed by atoms with Crippen molar-refractivity contribution in [1.82, 2.24) is 4.90 Å². The van der Waals surface area contributed by atoms with Crippen molar-refractivity contribution < 1.29 is 36.2 Å². The highest BCUT2D eigenvalue weighted by atomic mass is 19.4. The molecule has 3 rings (SSSR count). The molecule has 1 N–H and O–H groups in total. The topological polar surface area (TPSA) is 40.5 Å². The highest BCUT2D eigenvalue weighted by Gasteiger charge is 2.39. The van der Waals surface area contributed by atoms with Crippen LogP contribution in [0.4, 0.5) is 26.3 Å². The molecule has 1 fully saturated rings. The first-order valence-corrected chi connectivity index (χ1v) is 11.4. The van der Waals surface area contributed by atoms with Crippen molar-refractivity contribution in [2.75, 3.05) is 6.54 Å². The molecule has 188 valence electrons. The van der Waals surface area contributed by atoms with E-state index in [2.05, 4.69) is 19.9 Å². The molecular weight excluding hydrogens is 460 g/mol. The Morgan fingerprint density at radius 3 is 2.38 bits per heavy atom. The number of hydrogen-bond acceptors (Lipinski definition) is 2. The highest BCUT2D eigenvalue weighted by Crippen LogP contribution is 2.40. The Balaban J connectivity index is 1.92. The molecule has 1 unspecified atom stereocenters. The fraction of sp³-hybridized carbons (Fsp3) is 0.560. The van der Waals surface area contributed by atoms with Crippen molar-refractivity contribution >= 4 is 5.97 Å². The normalized spacial score (nSPS) is 24.4. The van der Waals surface area contributed by atoms with Crippen molar-refractivity contribution in [3.8, 4) is 0 Å². The van der Waals surface area contributed by atoms with E-state index in [1.807, 2.05) is 12.2 Å². The van der Waals surface area contributed by atoms with Crippen LogP contribution in [0.1, 0.15) is 56.2 Å². The minimum absolute atomic E-state index is 0.0365. The third-order valence-electron chi connectivity index (χ3n) is 6.77. The van der Waals surface area contributed by atoms with Crippen molar-refractivity contribution in [2.24, 2.45) is 17.8 Å². The van der Waals surface area contributed by atoms with Gasteiger partial charge in [-0.25, -0.2) is 0 Å². The SMILES string of the molecule is CC(C)C1=CCC([C@H]2C[C@@H](CC(=O)O)CCN2Cc2cc(C(F)(F)F)ccc2C(F)(F)F)C=C1. The summed E-state index contributed by atoms with van der Waals surface area (Å²) in [7, 11) is 0. The van der Waals surface area contributed by atoms with Crippen LogP contribution >= 0.6 is 0 Å². The molecule has 0 saturated carbocycles.